The molecule has 0 amide bonds. The van der Waals surface area contributed by atoms with Gasteiger partial charge in [-0.05, 0) is 24.3 Å². The molecular formula is C12H17N5O3S. The molecule has 0 aliphatic rings. The lowest BCUT2D eigenvalue weighted by atomic mass is 10.3. The van der Waals surface area contributed by atoms with Crippen molar-refractivity contribution in [3.63, 3.8) is 0 Å². The van der Waals surface area contributed by atoms with Crippen molar-refractivity contribution in [1.82, 2.24) is 15.5 Å². The Hall–Kier alpha value is -1.97. The molecule has 0 saturated heterocycles. The van der Waals surface area contributed by atoms with Gasteiger partial charge in [0, 0.05) is 11.7 Å². The van der Waals surface area contributed by atoms with Crippen molar-refractivity contribution >= 4 is 21.7 Å². The molecule has 0 radical (unpaired) electrons. The number of hydrogen-bond acceptors (Lipinski definition) is 7. The van der Waals surface area contributed by atoms with Gasteiger partial charge in [0.2, 0.25) is 15.9 Å². The first-order valence-electron chi connectivity index (χ1n) is 6.30. The summed E-state index contributed by atoms with van der Waals surface area (Å²) in [7, 11) is -3.69. The second kappa shape index (κ2) is 6.20. The van der Waals surface area contributed by atoms with Crippen LogP contribution in [0, 0.1) is 0 Å². The zero-order valence-electron chi connectivity index (χ0n) is 11.7. The number of sulfonamides is 1. The van der Waals surface area contributed by atoms with Gasteiger partial charge >= 0.3 is 6.01 Å². The molecule has 1 aromatic heterocycles. The van der Waals surface area contributed by atoms with Gasteiger partial charge in [-0.15, -0.1) is 5.10 Å². The lowest BCUT2D eigenvalue weighted by Crippen LogP contribution is -2.21. The number of anilines is 2. The summed E-state index contributed by atoms with van der Waals surface area (Å²) in [6.07, 6.45) is 0. The summed E-state index contributed by atoms with van der Waals surface area (Å²) in [6.45, 7) is 4.52. The van der Waals surface area contributed by atoms with Crippen LogP contribution < -0.4 is 15.8 Å². The number of nitrogens with one attached hydrogen (secondary N) is 2. The van der Waals surface area contributed by atoms with Crippen molar-refractivity contribution in [2.45, 2.75) is 31.3 Å². The third kappa shape index (κ3) is 4.52. The van der Waals surface area contributed by atoms with Crippen LogP contribution in [0.4, 0.5) is 11.7 Å². The molecule has 0 spiro atoms. The van der Waals surface area contributed by atoms with Crippen LogP contribution in [0.15, 0.2) is 33.6 Å². The zero-order valence-corrected chi connectivity index (χ0v) is 12.5. The minimum atomic E-state index is -3.69. The Morgan fingerprint density at radius 1 is 1.24 bits per heavy atom. The molecule has 2 aromatic rings. The molecule has 1 aromatic carbocycles. The summed E-state index contributed by atoms with van der Waals surface area (Å²) >= 11 is 0. The normalized spacial score (nSPS) is 11.8. The van der Waals surface area contributed by atoms with E-state index in [0.717, 1.165) is 0 Å². The third-order valence-electron chi connectivity index (χ3n) is 2.56. The predicted molar refractivity (Wildman–Crippen MR) is 77.4 cm³/mol. The van der Waals surface area contributed by atoms with E-state index in [1.807, 2.05) is 13.8 Å². The highest BCUT2D eigenvalue weighted by Gasteiger charge is 2.09. The van der Waals surface area contributed by atoms with Crippen LogP contribution in [0.3, 0.4) is 0 Å². The maximum absolute atomic E-state index is 11.1. The number of nitrogens with zero attached hydrogens (tertiary/aromatic N) is 2. The number of benzene rings is 1. The Kier molecular flexibility index (Phi) is 4.56. The molecule has 0 saturated carbocycles. The van der Waals surface area contributed by atoms with E-state index in [0.29, 0.717) is 24.2 Å². The van der Waals surface area contributed by atoms with Gasteiger partial charge in [-0.2, -0.15) is 0 Å². The van der Waals surface area contributed by atoms with Crippen LogP contribution in [0.5, 0.6) is 0 Å². The van der Waals surface area contributed by atoms with Crippen molar-refractivity contribution in [3.05, 3.63) is 30.2 Å². The lowest BCUT2D eigenvalue weighted by Gasteiger charge is -2.04. The molecule has 114 valence electrons. The van der Waals surface area contributed by atoms with E-state index in [1.165, 1.54) is 12.1 Å². The average Bonchev–Trinajstić information content (AvgIpc) is 2.83. The second-order valence-electron chi connectivity index (χ2n) is 4.73. The van der Waals surface area contributed by atoms with Gasteiger partial charge in [-0.3, -0.25) is 0 Å². The van der Waals surface area contributed by atoms with E-state index in [4.69, 9.17) is 9.56 Å². The molecule has 8 nitrogen and oxygen atoms in total. The minimum absolute atomic E-state index is 0.0420. The zero-order chi connectivity index (χ0) is 15.5. The molecule has 21 heavy (non-hydrogen) atoms. The summed E-state index contributed by atoms with van der Waals surface area (Å²) in [6, 6.07) is 6.48. The highest BCUT2D eigenvalue weighted by molar-refractivity contribution is 7.89. The number of aromatic nitrogens is 2. The van der Waals surface area contributed by atoms with Crippen molar-refractivity contribution in [2.24, 2.45) is 5.14 Å². The van der Waals surface area contributed by atoms with E-state index >= 15 is 0 Å². The summed E-state index contributed by atoms with van der Waals surface area (Å²) < 4.78 is 27.7. The van der Waals surface area contributed by atoms with Gasteiger partial charge in [0.15, 0.2) is 0 Å². The highest BCUT2D eigenvalue weighted by atomic mass is 32.2. The highest BCUT2D eigenvalue weighted by Crippen LogP contribution is 2.17. The quantitative estimate of drug-likeness (QED) is 0.726. The monoisotopic (exact) mass is 311 g/mol. The van der Waals surface area contributed by atoms with E-state index < -0.39 is 10.0 Å². The summed E-state index contributed by atoms with van der Waals surface area (Å²) in [4.78, 5) is 0.0420. The molecule has 0 aliphatic heterocycles. The molecule has 1 heterocycles. The van der Waals surface area contributed by atoms with E-state index in [9.17, 15) is 8.42 Å². The summed E-state index contributed by atoms with van der Waals surface area (Å²) in [5.74, 6) is 0.465. The molecule has 9 heteroatoms. The Morgan fingerprint density at radius 3 is 2.48 bits per heavy atom. The molecule has 4 N–H and O–H groups in total. The first-order chi connectivity index (χ1) is 9.84. The Balaban J connectivity index is 2.02. The van der Waals surface area contributed by atoms with Gasteiger partial charge in [0.25, 0.3) is 0 Å². The summed E-state index contributed by atoms with van der Waals surface area (Å²) in [5.41, 5.74) is 0.620. The van der Waals surface area contributed by atoms with Crippen LogP contribution in [0.1, 0.15) is 19.7 Å². The van der Waals surface area contributed by atoms with Crippen LogP contribution >= 0.6 is 0 Å². The molecular weight excluding hydrogens is 294 g/mol. The van der Waals surface area contributed by atoms with Crippen molar-refractivity contribution in [2.75, 3.05) is 5.32 Å². The maximum Gasteiger partial charge on any atom is 0.320 e. The van der Waals surface area contributed by atoms with Crippen molar-refractivity contribution in [1.29, 1.82) is 0 Å². The molecule has 0 atom stereocenters. The smallest absolute Gasteiger partial charge is 0.320 e. The van der Waals surface area contributed by atoms with Gasteiger partial charge in [0.05, 0.1) is 11.4 Å². The number of rotatable bonds is 6. The Bertz CT molecular complexity index is 694. The average molecular weight is 311 g/mol. The first kappa shape index (κ1) is 15.4. The van der Waals surface area contributed by atoms with E-state index in [-0.39, 0.29) is 10.9 Å². The molecule has 0 aliphatic carbocycles. The SMILES string of the molecule is CC(C)NCc1nnc(Nc2ccc(S(N)(=O)=O)cc2)o1. The van der Waals surface area contributed by atoms with E-state index in [1.54, 1.807) is 12.1 Å². The second-order valence-corrected chi connectivity index (χ2v) is 6.29. The van der Waals surface area contributed by atoms with Crippen LogP contribution in [0.2, 0.25) is 0 Å². The molecule has 0 unspecified atom stereocenters. The lowest BCUT2D eigenvalue weighted by molar-refractivity contribution is 0.460. The Labute approximate surface area is 122 Å². The first-order valence-corrected chi connectivity index (χ1v) is 7.85. The summed E-state index contributed by atoms with van der Waals surface area (Å²) in [5, 5.41) is 18.8. The van der Waals surface area contributed by atoms with Crippen molar-refractivity contribution < 1.29 is 12.8 Å². The topological polar surface area (TPSA) is 123 Å². The number of primary sulfonamides is 1. The van der Waals surface area contributed by atoms with Crippen molar-refractivity contribution in [3.8, 4) is 0 Å². The number of nitrogens with two attached hydrogens (primary N) is 1. The number of hydrogen-bond donors (Lipinski definition) is 3. The van der Waals surface area contributed by atoms with Gasteiger partial charge < -0.3 is 15.1 Å². The van der Waals surface area contributed by atoms with Gasteiger partial charge in [-0.25, -0.2) is 13.6 Å². The fourth-order valence-electron chi connectivity index (χ4n) is 1.52. The minimum Gasteiger partial charge on any atom is -0.406 e. The van der Waals surface area contributed by atoms with Crippen LogP contribution in [-0.4, -0.2) is 24.7 Å². The fourth-order valence-corrected chi connectivity index (χ4v) is 2.03. The van der Waals surface area contributed by atoms with Crippen LogP contribution in [0.25, 0.3) is 0 Å². The standard InChI is InChI=1S/C12H17N5O3S/c1-8(2)14-7-11-16-17-12(20-11)15-9-3-5-10(6-4-9)21(13,18)19/h3-6,8,14H,7H2,1-2H3,(H,15,17)(H2,13,18,19). The maximum atomic E-state index is 11.1. The molecule has 0 fully saturated rings. The van der Waals surface area contributed by atoms with Gasteiger partial charge in [-0.1, -0.05) is 18.9 Å². The van der Waals surface area contributed by atoms with Gasteiger partial charge in [0.1, 0.15) is 0 Å². The molecule has 0 bridgehead atoms. The molecule has 2 rings (SSSR count). The van der Waals surface area contributed by atoms with E-state index in [2.05, 4.69) is 20.8 Å². The largest absolute Gasteiger partial charge is 0.406 e. The predicted octanol–water partition coefficient (Wildman–Crippen LogP) is 0.959. The fraction of sp³-hybridized carbons (Fsp3) is 0.333. The third-order valence-corrected chi connectivity index (χ3v) is 3.49. The Morgan fingerprint density at radius 2 is 1.90 bits per heavy atom. The van der Waals surface area contributed by atoms with Crippen LogP contribution in [-0.2, 0) is 16.6 Å².